The molecule has 432 valence electrons. The molecule has 3 N–H and O–H groups in total. The van der Waals surface area contributed by atoms with E-state index in [0.717, 1.165) is 40.5 Å². The smallest absolute Gasteiger partial charge is 0.257 e. The molecule has 0 amide bonds. The number of aromatic hydroxyl groups is 1. The fourth-order valence-corrected chi connectivity index (χ4v) is 6.51. The summed E-state index contributed by atoms with van der Waals surface area (Å²) < 4.78 is 148. The summed E-state index contributed by atoms with van der Waals surface area (Å²) in [6.07, 6.45) is 0. The fourth-order valence-electron chi connectivity index (χ4n) is 6.51. The number of anilines is 3. The summed E-state index contributed by atoms with van der Waals surface area (Å²) in [4.78, 5) is 13.6. The van der Waals surface area contributed by atoms with Gasteiger partial charge in [-0.1, -0.05) is 79.3 Å². The predicted octanol–water partition coefficient (Wildman–Crippen LogP) is 13.6. The lowest BCUT2D eigenvalue weighted by molar-refractivity contribution is 0.258. The summed E-state index contributed by atoms with van der Waals surface area (Å²) in [6, 6.07) is 31.4. The number of nitrogen functional groups attached to an aromatic ring is 1. The van der Waals surface area contributed by atoms with Gasteiger partial charge in [-0.3, -0.25) is 4.39 Å². The van der Waals surface area contributed by atoms with Crippen LogP contribution in [0.25, 0.3) is 0 Å². The first-order valence-corrected chi connectivity index (χ1v) is 23.8. The van der Waals surface area contributed by atoms with Crippen molar-refractivity contribution in [2.75, 3.05) is 82.5 Å². The Bertz CT molecular complexity index is 2730. The van der Waals surface area contributed by atoms with Crippen molar-refractivity contribution in [1.29, 1.82) is 0 Å². The van der Waals surface area contributed by atoms with Crippen LogP contribution in [0.5, 0.6) is 40.2 Å². The van der Waals surface area contributed by atoms with Gasteiger partial charge in [-0.25, -0.2) is 22.0 Å². The standard InChI is InChI=1S/C23H23F3N2O3.C21H20F2N2O3.C7H7F3N2O.C2H4BrF.2CH4.CH3/c1-29-18-7-3-16(4-8-18)14-28(15-17-5-9-19(30-2)10-6-17)23-20(25)13-21(22(26)27-23)31-12-11-24;1-27-16-7-3-14(4-8-16)12-25(13-15-5-9-17(28-2)10-6-15)21-18(22)11-19(26)20(23)24-21;8-1-2-13-5-3-4(9)7(11)12-6(5)10;3-1-2-4;;;/h3-10,13H,11-12,14-15H2,1-2H3;3-11,26H,12-13H2,1-2H3;3H,1-2H2,(H2,11,12);1-2H2;2*1H4;1H3/q;;;;;;-1. The normalized spacial score (nSPS) is 9.95. The summed E-state index contributed by atoms with van der Waals surface area (Å²) in [5, 5.41) is 9.84. The highest BCUT2D eigenvalue weighted by Crippen LogP contribution is 2.30. The maximum Gasteiger partial charge on any atom is 0.257 e. The maximum atomic E-state index is 14.9. The minimum Gasteiger partial charge on any atom is -0.504 e. The van der Waals surface area contributed by atoms with E-state index in [1.807, 2.05) is 48.5 Å². The summed E-state index contributed by atoms with van der Waals surface area (Å²) in [6.45, 7) is -1.49. The van der Waals surface area contributed by atoms with Crippen molar-refractivity contribution in [1.82, 2.24) is 15.0 Å². The second-order valence-corrected chi connectivity index (χ2v) is 16.2. The third-order valence-electron chi connectivity index (χ3n) is 10.2. The van der Waals surface area contributed by atoms with Gasteiger partial charge in [-0.2, -0.15) is 28.1 Å². The molecule has 23 heteroatoms. The van der Waals surface area contributed by atoms with Crippen LogP contribution < -0.4 is 44.0 Å². The topological polar surface area (TPSA) is 147 Å². The zero-order valence-electron chi connectivity index (χ0n) is 42.5. The molecule has 0 fully saturated rings. The van der Waals surface area contributed by atoms with Crippen LogP contribution >= 0.6 is 15.9 Å². The number of ether oxygens (including phenoxy) is 6. The van der Waals surface area contributed by atoms with E-state index in [4.69, 9.17) is 29.4 Å². The first kappa shape index (κ1) is 69.2. The van der Waals surface area contributed by atoms with Crippen LogP contribution in [0.4, 0.5) is 57.0 Å². The molecule has 0 atom stereocenters. The zero-order chi connectivity index (χ0) is 55.6. The van der Waals surface area contributed by atoms with Crippen molar-refractivity contribution in [3.63, 3.8) is 0 Å². The number of alkyl halides is 4. The lowest BCUT2D eigenvalue weighted by Gasteiger charge is -2.25. The number of hydrogen-bond acceptors (Lipinski definition) is 13. The average Bonchev–Trinajstić information content (AvgIpc) is 3.45. The Labute approximate surface area is 463 Å². The van der Waals surface area contributed by atoms with E-state index in [2.05, 4.69) is 35.6 Å². The van der Waals surface area contributed by atoms with Crippen molar-refractivity contribution in [2.24, 2.45) is 0 Å². The molecule has 7 rings (SSSR count). The lowest BCUT2D eigenvalue weighted by Crippen LogP contribution is -2.25. The summed E-state index contributed by atoms with van der Waals surface area (Å²) >= 11 is 2.87. The van der Waals surface area contributed by atoms with Gasteiger partial charge < -0.3 is 56.5 Å². The van der Waals surface area contributed by atoms with E-state index in [0.29, 0.717) is 28.3 Å². The molecule has 7 aromatic rings. The Morgan fingerprint density at radius 1 is 0.468 bits per heavy atom. The van der Waals surface area contributed by atoms with E-state index in [1.54, 1.807) is 86.8 Å². The van der Waals surface area contributed by atoms with Gasteiger partial charge in [0.15, 0.2) is 52.2 Å². The number of nitrogens with two attached hydrogens (primary N) is 1. The number of aromatic nitrogens is 3. The Balaban J connectivity index is 0.000000598. The quantitative estimate of drug-likeness (QED) is 0.0305. The Morgan fingerprint density at radius 3 is 1.06 bits per heavy atom. The molecule has 0 spiro atoms. The second kappa shape index (κ2) is 36.3. The molecule has 0 saturated carbocycles. The van der Waals surface area contributed by atoms with Crippen molar-refractivity contribution in [3.8, 4) is 40.2 Å². The van der Waals surface area contributed by atoms with Crippen molar-refractivity contribution < 1.29 is 73.0 Å². The van der Waals surface area contributed by atoms with Gasteiger partial charge in [-0.15, -0.1) is 0 Å². The molecule has 0 saturated heterocycles. The molecule has 79 heavy (non-hydrogen) atoms. The number of rotatable bonds is 21. The summed E-state index contributed by atoms with van der Waals surface area (Å²) in [5.74, 6) is -5.44. The molecule has 0 aliphatic heterocycles. The van der Waals surface area contributed by atoms with Crippen LogP contribution in [0.15, 0.2) is 115 Å². The van der Waals surface area contributed by atoms with Crippen molar-refractivity contribution in [3.05, 3.63) is 180 Å². The summed E-state index contributed by atoms with van der Waals surface area (Å²) in [5.41, 5.74) is 8.40. The predicted molar refractivity (Wildman–Crippen MR) is 293 cm³/mol. The number of benzene rings is 4. The Kier molecular flexibility index (Phi) is 31.8. The van der Waals surface area contributed by atoms with Crippen LogP contribution in [0.2, 0.25) is 0 Å². The Hall–Kier alpha value is -7.82. The van der Waals surface area contributed by atoms with Crippen LogP contribution in [0.1, 0.15) is 37.1 Å². The highest BCUT2D eigenvalue weighted by molar-refractivity contribution is 9.09. The molecule has 3 heterocycles. The summed E-state index contributed by atoms with van der Waals surface area (Å²) in [7, 11) is 6.28. The van der Waals surface area contributed by atoms with Crippen LogP contribution in [-0.2, 0) is 26.2 Å². The van der Waals surface area contributed by atoms with E-state index >= 15 is 0 Å². The molecule has 0 radical (unpaired) electrons. The van der Waals surface area contributed by atoms with Gasteiger partial charge in [0, 0.05) is 49.7 Å². The van der Waals surface area contributed by atoms with Crippen LogP contribution in [-0.4, -0.2) is 87.1 Å². The van der Waals surface area contributed by atoms with E-state index < -0.39 is 71.7 Å². The molecule has 13 nitrogen and oxygen atoms in total. The number of halogens is 10. The van der Waals surface area contributed by atoms with Gasteiger partial charge in [-0.05, 0) is 70.8 Å². The minimum atomic E-state index is -1.12. The number of hydrogen-bond donors (Lipinski definition) is 2. The molecule has 3 aromatic heterocycles. The van der Waals surface area contributed by atoms with E-state index in [1.165, 1.54) is 0 Å². The van der Waals surface area contributed by atoms with E-state index in [-0.39, 0.29) is 80.0 Å². The second-order valence-electron chi connectivity index (χ2n) is 15.4. The molecule has 0 unspecified atom stereocenters. The molecule has 4 aromatic carbocycles. The van der Waals surface area contributed by atoms with Gasteiger partial charge in [0.2, 0.25) is 0 Å². The lowest BCUT2D eigenvalue weighted by atomic mass is 10.1. The first-order valence-electron chi connectivity index (χ1n) is 22.6. The SMILES string of the molecule is C.C.COc1ccc(CN(Cc2ccc(OC)cc2)c2nc(F)c(O)cc2F)cc1.COc1ccc(CN(Cc2ccc(OC)cc2)c2nc(F)c(OCCF)cc2F)cc1.FCCBr.Nc1nc(F)c(OCCF)cc1F.[CH3-]. The number of nitrogens with zero attached hydrogens (tertiary/aromatic N) is 5. The van der Waals surface area contributed by atoms with Crippen LogP contribution in [0, 0.1) is 42.7 Å². The largest absolute Gasteiger partial charge is 0.504 e. The van der Waals surface area contributed by atoms with Gasteiger partial charge in [0.25, 0.3) is 17.8 Å². The van der Waals surface area contributed by atoms with Crippen molar-refractivity contribution >= 4 is 33.4 Å². The minimum absolute atomic E-state index is 0. The molecular formula is C56H65BrF9N6O7-. The monoisotopic (exact) mass is 1180 g/mol. The van der Waals surface area contributed by atoms with Crippen molar-refractivity contribution in [2.45, 2.75) is 41.0 Å². The molecular weight excluding hydrogens is 1120 g/mol. The van der Waals surface area contributed by atoms with Gasteiger partial charge >= 0.3 is 0 Å². The maximum absolute atomic E-state index is 14.9. The third-order valence-corrected chi connectivity index (χ3v) is 10.5. The molecule has 0 aliphatic carbocycles. The van der Waals surface area contributed by atoms with E-state index in [9.17, 15) is 44.6 Å². The number of methoxy groups -OCH3 is 4. The molecule has 0 bridgehead atoms. The van der Waals surface area contributed by atoms with Crippen LogP contribution in [0.3, 0.4) is 0 Å². The zero-order valence-corrected chi connectivity index (χ0v) is 44.1. The molecule has 0 aliphatic rings. The fraction of sp³-hybridized carbons (Fsp3) is 0.286. The van der Waals surface area contributed by atoms with Gasteiger partial charge in [0.05, 0.1) is 35.1 Å². The highest BCUT2D eigenvalue weighted by Gasteiger charge is 2.21. The Morgan fingerprint density at radius 2 is 0.759 bits per heavy atom. The average molecular weight is 1190 g/mol. The first-order chi connectivity index (χ1) is 36.6. The van der Waals surface area contributed by atoms with Gasteiger partial charge in [0.1, 0.15) is 49.6 Å². The third kappa shape index (κ3) is 22.2. The number of pyridine rings is 3. The highest BCUT2D eigenvalue weighted by atomic mass is 79.9.